The lowest BCUT2D eigenvalue weighted by molar-refractivity contribution is 0.0983. The number of fused-ring (bicyclic) bond motifs is 1. The van der Waals surface area contributed by atoms with Crippen LogP contribution in [-0.4, -0.2) is 17.6 Å². The van der Waals surface area contributed by atoms with Crippen molar-refractivity contribution in [3.05, 3.63) is 40.8 Å². The number of nitrogens with zero attached hydrogens (tertiary/aromatic N) is 2. The zero-order chi connectivity index (χ0) is 14.3. The molecule has 1 aromatic carbocycles. The third kappa shape index (κ3) is 2.49. The predicted molar refractivity (Wildman–Crippen MR) is 84.1 cm³/mol. The molecular formula is C15H18ClN3O2. The first-order valence-electron chi connectivity index (χ1n) is 6.71. The van der Waals surface area contributed by atoms with Crippen molar-refractivity contribution in [3.63, 3.8) is 0 Å². The minimum Gasteiger partial charge on any atom is -0.398 e. The number of nitrogens with two attached hydrogens (primary N) is 1. The Morgan fingerprint density at radius 1 is 1.38 bits per heavy atom. The summed E-state index contributed by atoms with van der Waals surface area (Å²) in [5, 5.41) is 3.86. The van der Waals surface area contributed by atoms with Crippen LogP contribution in [0.2, 0.25) is 0 Å². The van der Waals surface area contributed by atoms with E-state index in [-0.39, 0.29) is 18.3 Å². The van der Waals surface area contributed by atoms with Crippen molar-refractivity contribution >= 4 is 29.7 Å². The summed E-state index contributed by atoms with van der Waals surface area (Å²) in [7, 11) is 0. The summed E-state index contributed by atoms with van der Waals surface area (Å²) in [6.07, 6.45) is 1.82. The summed E-state index contributed by atoms with van der Waals surface area (Å²) < 4.78 is 5.10. The highest BCUT2D eigenvalue weighted by Crippen LogP contribution is 2.32. The van der Waals surface area contributed by atoms with E-state index in [1.54, 1.807) is 18.7 Å². The first-order valence-corrected chi connectivity index (χ1v) is 6.71. The highest BCUT2D eigenvalue weighted by molar-refractivity contribution is 6.08. The Balaban J connectivity index is 0.00000161. The molecule has 1 aromatic heterocycles. The third-order valence-corrected chi connectivity index (χ3v) is 3.78. The van der Waals surface area contributed by atoms with Gasteiger partial charge in [-0.3, -0.25) is 4.79 Å². The molecular weight excluding hydrogens is 290 g/mol. The molecule has 1 aliphatic rings. The Labute approximate surface area is 129 Å². The number of rotatable bonds is 1. The van der Waals surface area contributed by atoms with E-state index < -0.39 is 0 Å². The van der Waals surface area contributed by atoms with Crippen LogP contribution in [0.15, 0.2) is 22.7 Å². The maximum Gasteiger partial charge on any atom is 0.263 e. The average Bonchev–Trinajstić information content (AvgIpc) is 2.77. The minimum atomic E-state index is -0.0622. The fraction of sp³-hybridized carbons (Fsp3) is 0.333. The van der Waals surface area contributed by atoms with Crippen molar-refractivity contribution in [2.75, 3.05) is 17.2 Å². The van der Waals surface area contributed by atoms with E-state index in [0.29, 0.717) is 23.6 Å². The molecule has 0 radical (unpaired) electrons. The molecule has 3 rings (SSSR count). The first kappa shape index (κ1) is 15.4. The number of nitrogen functional groups attached to an aromatic ring is 1. The van der Waals surface area contributed by atoms with Crippen LogP contribution >= 0.6 is 12.4 Å². The van der Waals surface area contributed by atoms with Crippen molar-refractivity contribution in [1.82, 2.24) is 5.16 Å². The van der Waals surface area contributed by atoms with Gasteiger partial charge in [0.05, 0.1) is 5.69 Å². The quantitative estimate of drug-likeness (QED) is 0.822. The van der Waals surface area contributed by atoms with E-state index in [1.165, 1.54) is 0 Å². The van der Waals surface area contributed by atoms with Gasteiger partial charge in [-0.15, -0.1) is 12.4 Å². The van der Waals surface area contributed by atoms with E-state index in [9.17, 15) is 4.79 Å². The van der Waals surface area contributed by atoms with E-state index >= 15 is 0 Å². The maximum atomic E-state index is 12.8. The van der Waals surface area contributed by atoms with E-state index in [4.69, 9.17) is 10.3 Å². The lowest BCUT2D eigenvalue weighted by Gasteiger charge is -2.30. The second kappa shape index (κ2) is 5.77. The summed E-state index contributed by atoms with van der Waals surface area (Å²) in [6.45, 7) is 4.24. The largest absolute Gasteiger partial charge is 0.398 e. The predicted octanol–water partition coefficient (Wildman–Crippen LogP) is 2.89. The van der Waals surface area contributed by atoms with Gasteiger partial charge in [0, 0.05) is 17.9 Å². The van der Waals surface area contributed by atoms with Gasteiger partial charge in [0.2, 0.25) is 0 Å². The Kier molecular flexibility index (Phi) is 4.23. The molecule has 21 heavy (non-hydrogen) atoms. The number of hydrogen-bond acceptors (Lipinski definition) is 4. The van der Waals surface area contributed by atoms with E-state index in [1.807, 2.05) is 18.2 Å². The third-order valence-electron chi connectivity index (χ3n) is 3.78. The zero-order valence-corrected chi connectivity index (χ0v) is 12.9. The normalized spacial score (nSPS) is 13.5. The smallest absolute Gasteiger partial charge is 0.263 e. The standard InChI is InChI=1S/C15H17N3O2.ClH/c1-9-14(10(2)20-17-9)15(19)18-8-4-5-11-12(16)6-3-7-13(11)18;/h3,6-7H,4-5,8,16H2,1-2H3;1H. The van der Waals surface area contributed by atoms with Gasteiger partial charge in [0.1, 0.15) is 11.3 Å². The fourth-order valence-electron chi connectivity index (χ4n) is 2.79. The molecule has 0 spiro atoms. The van der Waals surface area contributed by atoms with Crippen molar-refractivity contribution in [2.45, 2.75) is 26.7 Å². The molecule has 0 saturated heterocycles. The molecule has 0 atom stereocenters. The Morgan fingerprint density at radius 2 is 2.14 bits per heavy atom. The SMILES string of the molecule is Cc1noc(C)c1C(=O)N1CCCc2c(N)cccc21.Cl. The number of aromatic nitrogens is 1. The Hall–Kier alpha value is -2.01. The van der Waals surface area contributed by atoms with Crippen LogP contribution < -0.4 is 10.6 Å². The zero-order valence-electron chi connectivity index (χ0n) is 12.0. The van der Waals surface area contributed by atoms with Crippen LogP contribution in [0.5, 0.6) is 0 Å². The number of halogens is 1. The van der Waals surface area contributed by atoms with Crippen LogP contribution in [0.3, 0.4) is 0 Å². The van der Waals surface area contributed by atoms with Gasteiger partial charge in [-0.2, -0.15) is 0 Å². The van der Waals surface area contributed by atoms with Crippen molar-refractivity contribution < 1.29 is 9.32 Å². The summed E-state index contributed by atoms with van der Waals surface area (Å²) in [5.74, 6) is 0.497. The van der Waals surface area contributed by atoms with Crippen LogP contribution in [0.4, 0.5) is 11.4 Å². The van der Waals surface area contributed by atoms with Crippen LogP contribution in [0, 0.1) is 13.8 Å². The van der Waals surface area contributed by atoms with Gasteiger partial charge in [-0.25, -0.2) is 0 Å². The molecule has 1 aliphatic heterocycles. The second-order valence-corrected chi connectivity index (χ2v) is 5.10. The number of carbonyl (C=O) groups excluding carboxylic acids is 1. The highest BCUT2D eigenvalue weighted by atomic mass is 35.5. The van der Waals surface area contributed by atoms with E-state index in [0.717, 1.165) is 29.8 Å². The lowest BCUT2D eigenvalue weighted by atomic mass is 9.99. The molecule has 0 fully saturated rings. The van der Waals surface area contributed by atoms with Gasteiger partial charge in [-0.1, -0.05) is 11.2 Å². The van der Waals surface area contributed by atoms with E-state index in [2.05, 4.69) is 5.16 Å². The number of aryl methyl sites for hydroxylation is 2. The lowest BCUT2D eigenvalue weighted by Crippen LogP contribution is -2.36. The molecule has 2 N–H and O–H groups in total. The Bertz CT molecular complexity index is 662. The second-order valence-electron chi connectivity index (χ2n) is 5.10. The average molecular weight is 308 g/mol. The molecule has 0 aliphatic carbocycles. The molecule has 112 valence electrons. The molecule has 2 aromatic rings. The van der Waals surface area contributed by atoms with Gasteiger partial charge in [0.15, 0.2) is 0 Å². The van der Waals surface area contributed by atoms with Gasteiger partial charge in [-0.05, 0) is 44.4 Å². The molecule has 0 bridgehead atoms. The van der Waals surface area contributed by atoms with Crippen molar-refractivity contribution in [3.8, 4) is 0 Å². The topological polar surface area (TPSA) is 72.4 Å². The number of benzene rings is 1. The van der Waals surface area contributed by atoms with Gasteiger partial charge >= 0.3 is 0 Å². The van der Waals surface area contributed by atoms with Gasteiger partial charge in [0.25, 0.3) is 5.91 Å². The fourth-order valence-corrected chi connectivity index (χ4v) is 2.79. The molecule has 2 heterocycles. The summed E-state index contributed by atoms with van der Waals surface area (Å²) >= 11 is 0. The van der Waals surface area contributed by atoms with Crippen molar-refractivity contribution in [2.24, 2.45) is 0 Å². The Morgan fingerprint density at radius 3 is 2.81 bits per heavy atom. The number of amides is 1. The van der Waals surface area contributed by atoms with Crippen LogP contribution in [0.1, 0.15) is 33.8 Å². The molecule has 0 unspecified atom stereocenters. The molecule has 6 heteroatoms. The molecule has 0 saturated carbocycles. The van der Waals surface area contributed by atoms with Crippen LogP contribution in [0.25, 0.3) is 0 Å². The molecule has 5 nitrogen and oxygen atoms in total. The van der Waals surface area contributed by atoms with Crippen molar-refractivity contribution in [1.29, 1.82) is 0 Å². The monoisotopic (exact) mass is 307 g/mol. The highest BCUT2D eigenvalue weighted by Gasteiger charge is 2.28. The summed E-state index contributed by atoms with van der Waals surface area (Å²) in [5.41, 5.74) is 9.90. The number of hydrogen-bond donors (Lipinski definition) is 1. The minimum absolute atomic E-state index is 0. The first-order chi connectivity index (χ1) is 9.59. The summed E-state index contributed by atoms with van der Waals surface area (Å²) in [4.78, 5) is 14.5. The van der Waals surface area contributed by atoms with Crippen LogP contribution in [-0.2, 0) is 6.42 Å². The maximum absolute atomic E-state index is 12.8. The molecule has 1 amide bonds. The number of carbonyl (C=O) groups is 1. The van der Waals surface area contributed by atoms with Gasteiger partial charge < -0.3 is 15.2 Å². The summed E-state index contributed by atoms with van der Waals surface area (Å²) in [6, 6.07) is 5.71. The number of anilines is 2.